The van der Waals surface area contributed by atoms with Gasteiger partial charge >= 0.3 is 0 Å². The van der Waals surface area contributed by atoms with Crippen LogP contribution in [0.1, 0.15) is 74.6 Å². The van der Waals surface area contributed by atoms with Crippen LogP contribution in [0.15, 0.2) is 12.1 Å². The van der Waals surface area contributed by atoms with E-state index in [0.717, 1.165) is 18.4 Å². The Morgan fingerprint density at radius 3 is 2.24 bits per heavy atom. The molecule has 1 aromatic rings. The fraction of sp³-hybridized carbons (Fsp3) is 0.700. The summed E-state index contributed by atoms with van der Waals surface area (Å²) in [5, 5.41) is 3.74. The molecule has 1 fully saturated rings. The lowest BCUT2D eigenvalue weighted by Crippen LogP contribution is -2.41. The molecule has 0 bridgehead atoms. The van der Waals surface area contributed by atoms with Gasteiger partial charge in [0.25, 0.3) is 0 Å². The van der Waals surface area contributed by atoms with Crippen molar-refractivity contribution in [2.45, 2.75) is 78.7 Å². The summed E-state index contributed by atoms with van der Waals surface area (Å²) in [5.41, 5.74) is 6.20. The summed E-state index contributed by atoms with van der Waals surface area (Å²) in [5.74, 6) is 1.53. The number of hydrogen-bond donors (Lipinski definition) is 1. The monoisotopic (exact) mass is 287 g/mol. The maximum Gasteiger partial charge on any atom is 0.00966 e. The molecule has 118 valence electrons. The van der Waals surface area contributed by atoms with Crippen molar-refractivity contribution < 1.29 is 0 Å². The summed E-state index contributed by atoms with van der Waals surface area (Å²) in [6, 6.07) is 4.85. The molecular formula is C20H33N. The summed E-state index contributed by atoms with van der Waals surface area (Å²) in [4.78, 5) is 0. The van der Waals surface area contributed by atoms with Crippen molar-refractivity contribution in [3.8, 4) is 0 Å². The normalized spacial score (nSPS) is 23.3. The van der Waals surface area contributed by atoms with Crippen molar-refractivity contribution in [2.75, 3.05) is 6.54 Å². The van der Waals surface area contributed by atoms with E-state index >= 15 is 0 Å². The van der Waals surface area contributed by atoms with Gasteiger partial charge in [-0.25, -0.2) is 0 Å². The molecule has 21 heavy (non-hydrogen) atoms. The number of nitrogens with one attached hydrogen (secondary N) is 1. The molecule has 1 heteroatoms. The van der Waals surface area contributed by atoms with Crippen molar-refractivity contribution in [2.24, 2.45) is 5.92 Å². The first kappa shape index (κ1) is 16.5. The first-order valence-electron chi connectivity index (χ1n) is 8.61. The minimum absolute atomic E-state index is 0.222. The smallest absolute Gasteiger partial charge is 0.00966 e. The van der Waals surface area contributed by atoms with Crippen LogP contribution in [0.2, 0.25) is 0 Å². The van der Waals surface area contributed by atoms with Crippen LogP contribution in [0.25, 0.3) is 0 Å². The van der Waals surface area contributed by atoms with E-state index < -0.39 is 0 Å². The molecule has 0 heterocycles. The highest BCUT2D eigenvalue weighted by Gasteiger charge is 2.28. The van der Waals surface area contributed by atoms with Gasteiger partial charge in [0.2, 0.25) is 0 Å². The maximum atomic E-state index is 3.74. The van der Waals surface area contributed by atoms with Gasteiger partial charge in [0.05, 0.1) is 0 Å². The Morgan fingerprint density at radius 1 is 0.952 bits per heavy atom. The van der Waals surface area contributed by atoms with E-state index in [1.807, 2.05) is 0 Å². The second-order valence-electron chi connectivity index (χ2n) is 8.07. The lowest BCUT2D eigenvalue weighted by Gasteiger charge is -2.35. The van der Waals surface area contributed by atoms with E-state index in [0.29, 0.717) is 0 Å². The SMILES string of the molecule is Cc1cc(C)c(C2CCCCC2CNC(C)(C)C)cc1C. The maximum absolute atomic E-state index is 3.74. The van der Waals surface area contributed by atoms with Gasteiger partial charge in [-0.1, -0.05) is 25.0 Å². The molecule has 0 amide bonds. The molecule has 1 aliphatic rings. The minimum Gasteiger partial charge on any atom is -0.312 e. The Labute approximate surface area is 131 Å². The second kappa shape index (κ2) is 6.52. The molecule has 1 saturated carbocycles. The molecule has 0 aliphatic heterocycles. The highest BCUT2D eigenvalue weighted by Crippen LogP contribution is 2.39. The van der Waals surface area contributed by atoms with Crippen molar-refractivity contribution in [3.63, 3.8) is 0 Å². The topological polar surface area (TPSA) is 12.0 Å². The van der Waals surface area contributed by atoms with Gasteiger partial charge in [0.1, 0.15) is 0 Å². The van der Waals surface area contributed by atoms with E-state index in [-0.39, 0.29) is 5.54 Å². The average molecular weight is 287 g/mol. The Bertz CT molecular complexity index is 481. The molecule has 1 nitrogen and oxygen atoms in total. The van der Waals surface area contributed by atoms with Crippen LogP contribution in [0, 0.1) is 26.7 Å². The summed E-state index contributed by atoms with van der Waals surface area (Å²) >= 11 is 0. The zero-order chi connectivity index (χ0) is 15.6. The Balaban J connectivity index is 2.20. The first-order chi connectivity index (χ1) is 9.78. The highest BCUT2D eigenvalue weighted by atomic mass is 14.9. The molecule has 0 radical (unpaired) electrons. The molecule has 0 aromatic heterocycles. The van der Waals surface area contributed by atoms with Crippen LogP contribution < -0.4 is 5.32 Å². The fourth-order valence-corrected chi connectivity index (χ4v) is 3.68. The lowest BCUT2D eigenvalue weighted by atomic mass is 9.73. The number of hydrogen-bond acceptors (Lipinski definition) is 1. The summed E-state index contributed by atoms with van der Waals surface area (Å²) in [6.07, 6.45) is 5.53. The van der Waals surface area contributed by atoms with E-state index in [1.54, 1.807) is 5.56 Å². The number of rotatable bonds is 3. The third-order valence-electron chi connectivity index (χ3n) is 5.09. The largest absolute Gasteiger partial charge is 0.312 e. The van der Waals surface area contributed by atoms with E-state index in [2.05, 4.69) is 59.0 Å². The van der Waals surface area contributed by atoms with E-state index in [4.69, 9.17) is 0 Å². The molecule has 2 unspecified atom stereocenters. The van der Waals surface area contributed by atoms with Gasteiger partial charge in [-0.15, -0.1) is 0 Å². The van der Waals surface area contributed by atoms with Gasteiger partial charge in [-0.3, -0.25) is 0 Å². The molecule has 0 spiro atoms. The number of aryl methyl sites for hydroxylation is 3. The summed E-state index contributed by atoms with van der Waals surface area (Å²) in [6.45, 7) is 14.7. The van der Waals surface area contributed by atoms with Gasteiger partial charge in [0, 0.05) is 5.54 Å². The van der Waals surface area contributed by atoms with E-state index in [9.17, 15) is 0 Å². The third kappa shape index (κ3) is 4.32. The minimum atomic E-state index is 0.222. The van der Waals surface area contributed by atoms with Gasteiger partial charge in [0.15, 0.2) is 0 Å². The standard InChI is InChI=1S/C20H33N/c1-14-11-16(3)19(12-15(14)2)18-10-8-7-9-17(18)13-21-20(4,5)6/h11-12,17-18,21H,7-10,13H2,1-6H3. The molecule has 1 N–H and O–H groups in total. The third-order valence-corrected chi connectivity index (χ3v) is 5.09. The Hall–Kier alpha value is -0.820. The predicted molar refractivity (Wildman–Crippen MR) is 93.1 cm³/mol. The average Bonchev–Trinajstić information content (AvgIpc) is 2.40. The number of benzene rings is 1. The van der Waals surface area contributed by atoms with Gasteiger partial charge < -0.3 is 5.32 Å². The molecular weight excluding hydrogens is 254 g/mol. The predicted octanol–water partition coefficient (Wildman–Crippen LogP) is 5.27. The van der Waals surface area contributed by atoms with Crippen molar-refractivity contribution >= 4 is 0 Å². The van der Waals surface area contributed by atoms with Gasteiger partial charge in [-0.2, -0.15) is 0 Å². The van der Waals surface area contributed by atoms with Crippen molar-refractivity contribution in [3.05, 3.63) is 34.4 Å². The molecule has 0 saturated heterocycles. The quantitative estimate of drug-likeness (QED) is 0.798. The van der Waals surface area contributed by atoms with Crippen LogP contribution in [0.5, 0.6) is 0 Å². The molecule has 1 aliphatic carbocycles. The van der Waals surface area contributed by atoms with Crippen molar-refractivity contribution in [1.29, 1.82) is 0 Å². The summed E-state index contributed by atoms with van der Waals surface area (Å²) < 4.78 is 0. The lowest BCUT2D eigenvalue weighted by molar-refractivity contribution is 0.269. The van der Waals surface area contributed by atoms with Crippen LogP contribution in [-0.2, 0) is 0 Å². The van der Waals surface area contributed by atoms with Gasteiger partial charge in [-0.05, 0) is 95.0 Å². The molecule has 1 aromatic carbocycles. The molecule has 2 atom stereocenters. The van der Waals surface area contributed by atoms with Crippen LogP contribution in [0.3, 0.4) is 0 Å². The van der Waals surface area contributed by atoms with Crippen LogP contribution in [0.4, 0.5) is 0 Å². The van der Waals surface area contributed by atoms with Crippen molar-refractivity contribution in [1.82, 2.24) is 5.32 Å². The Kier molecular flexibility index (Phi) is 5.14. The van der Waals surface area contributed by atoms with E-state index in [1.165, 1.54) is 42.4 Å². The molecule has 2 rings (SSSR count). The van der Waals surface area contributed by atoms with Crippen LogP contribution >= 0.6 is 0 Å². The Morgan fingerprint density at radius 2 is 1.57 bits per heavy atom. The zero-order valence-corrected chi connectivity index (χ0v) is 14.8. The van der Waals surface area contributed by atoms with Crippen LogP contribution in [-0.4, -0.2) is 12.1 Å². The summed E-state index contributed by atoms with van der Waals surface area (Å²) in [7, 11) is 0. The first-order valence-corrected chi connectivity index (χ1v) is 8.61. The second-order valence-corrected chi connectivity index (χ2v) is 8.07. The zero-order valence-electron chi connectivity index (χ0n) is 14.8. The highest BCUT2D eigenvalue weighted by molar-refractivity contribution is 5.39. The fourth-order valence-electron chi connectivity index (χ4n) is 3.68.